The lowest BCUT2D eigenvalue weighted by molar-refractivity contribution is 0.247. The molecule has 1 aliphatic carbocycles. The van der Waals surface area contributed by atoms with E-state index in [-0.39, 0.29) is 0 Å². The summed E-state index contributed by atoms with van der Waals surface area (Å²) >= 11 is 1.56. The molecule has 3 heterocycles. The van der Waals surface area contributed by atoms with E-state index in [2.05, 4.69) is 36.8 Å². The second kappa shape index (κ2) is 10.5. The Hall–Kier alpha value is -3.40. The molecule has 35 heavy (non-hydrogen) atoms. The van der Waals surface area contributed by atoms with Crippen LogP contribution in [0.15, 0.2) is 52.4 Å². The summed E-state index contributed by atoms with van der Waals surface area (Å²) in [5, 5.41) is 14.1. The number of ether oxygens (including phenoxy) is 2. The second-order valence-electron chi connectivity index (χ2n) is 8.62. The van der Waals surface area contributed by atoms with Gasteiger partial charge < -0.3 is 14.0 Å². The molecule has 1 saturated carbocycles. The number of thioether (sulfide) groups is 1. The molecule has 3 aromatic heterocycles. The zero-order chi connectivity index (χ0) is 24.2. The Kier molecular flexibility index (Phi) is 6.98. The Labute approximate surface area is 208 Å². The Morgan fingerprint density at radius 3 is 2.69 bits per heavy atom. The number of hydrogen-bond acceptors (Lipinski definition) is 9. The summed E-state index contributed by atoms with van der Waals surface area (Å²) in [6.45, 7) is 2.32. The van der Waals surface area contributed by atoms with Crippen molar-refractivity contribution in [1.29, 1.82) is 0 Å². The monoisotopic (exact) mass is 492 g/mol. The molecule has 0 unspecified atom stereocenters. The van der Waals surface area contributed by atoms with Crippen molar-refractivity contribution in [3.8, 4) is 34.3 Å². The molecular formula is C25H28N6O3S. The molecule has 0 spiro atoms. The van der Waals surface area contributed by atoms with Crippen LogP contribution in [-0.2, 0) is 5.75 Å². The van der Waals surface area contributed by atoms with Gasteiger partial charge in [0.25, 0.3) is 0 Å². The van der Waals surface area contributed by atoms with Gasteiger partial charge in [0.1, 0.15) is 0 Å². The average Bonchev–Trinajstić information content (AvgIpc) is 3.55. The molecule has 1 aromatic carbocycles. The number of nitrogens with zero attached hydrogens (tertiary/aromatic N) is 6. The average molecular weight is 493 g/mol. The lowest BCUT2D eigenvalue weighted by atomic mass is 9.85. The lowest BCUT2D eigenvalue weighted by Gasteiger charge is -2.31. The Bertz CT molecular complexity index is 1280. The van der Waals surface area contributed by atoms with Crippen LogP contribution in [0, 0.1) is 5.92 Å². The molecule has 0 bridgehead atoms. The van der Waals surface area contributed by atoms with Gasteiger partial charge in [-0.05, 0) is 49.1 Å². The van der Waals surface area contributed by atoms with E-state index in [0.29, 0.717) is 40.9 Å². The minimum absolute atomic E-state index is 0.349. The normalized spacial score (nSPS) is 17.9. The highest BCUT2D eigenvalue weighted by Crippen LogP contribution is 2.39. The lowest BCUT2D eigenvalue weighted by Crippen LogP contribution is -2.22. The predicted octanol–water partition coefficient (Wildman–Crippen LogP) is 5.45. The first-order chi connectivity index (χ1) is 17.2. The maximum Gasteiger partial charge on any atom is 0.237 e. The van der Waals surface area contributed by atoms with Gasteiger partial charge in [0, 0.05) is 29.6 Å². The molecule has 0 aliphatic heterocycles. The Morgan fingerprint density at radius 2 is 1.91 bits per heavy atom. The quantitative estimate of drug-likeness (QED) is 0.297. The molecule has 182 valence electrons. The maximum absolute atomic E-state index is 5.55. The third kappa shape index (κ3) is 4.88. The van der Waals surface area contributed by atoms with Gasteiger partial charge in [-0.1, -0.05) is 36.7 Å². The van der Waals surface area contributed by atoms with Crippen LogP contribution in [0.2, 0.25) is 0 Å². The second-order valence-corrected chi connectivity index (χ2v) is 9.56. The molecule has 10 heteroatoms. The van der Waals surface area contributed by atoms with Crippen molar-refractivity contribution in [1.82, 2.24) is 29.9 Å². The molecule has 0 N–H and O–H groups in total. The van der Waals surface area contributed by atoms with Crippen LogP contribution in [0.1, 0.15) is 44.5 Å². The predicted molar refractivity (Wildman–Crippen MR) is 132 cm³/mol. The maximum atomic E-state index is 5.55. The zero-order valence-electron chi connectivity index (χ0n) is 20.0. The van der Waals surface area contributed by atoms with Gasteiger partial charge in [-0.25, -0.2) is 0 Å². The summed E-state index contributed by atoms with van der Waals surface area (Å²) in [5.41, 5.74) is 1.76. The highest BCUT2D eigenvalue weighted by atomic mass is 32.2. The van der Waals surface area contributed by atoms with Gasteiger partial charge in [0.05, 0.1) is 20.0 Å². The number of pyridine rings is 1. The fourth-order valence-corrected chi connectivity index (χ4v) is 5.41. The van der Waals surface area contributed by atoms with Crippen LogP contribution in [0.3, 0.4) is 0 Å². The van der Waals surface area contributed by atoms with Crippen molar-refractivity contribution in [2.45, 2.75) is 49.6 Å². The van der Waals surface area contributed by atoms with Crippen LogP contribution >= 0.6 is 11.8 Å². The summed E-state index contributed by atoms with van der Waals surface area (Å²) in [7, 11) is 3.21. The molecule has 4 aromatic rings. The minimum atomic E-state index is 0.349. The summed E-state index contributed by atoms with van der Waals surface area (Å²) < 4.78 is 18.5. The van der Waals surface area contributed by atoms with E-state index in [4.69, 9.17) is 14.0 Å². The molecule has 1 fully saturated rings. The largest absolute Gasteiger partial charge is 0.493 e. The molecule has 0 amide bonds. The smallest absolute Gasteiger partial charge is 0.237 e. The molecule has 2 atom stereocenters. The van der Waals surface area contributed by atoms with Gasteiger partial charge in [-0.3, -0.25) is 9.55 Å². The van der Waals surface area contributed by atoms with E-state index < -0.39 is 0 Å². The summed E-state index contributed by atoms with van der Waals surface area (Å²) in [5.74, 6) is 4.19. The van der Waals surface area contributed by atoms with Crippen LogP contribution in [0.5, 0.6) is 11.5 Å². The molecule has 5 rings (SSSR count). The van der Waals surface area contributed by atoms with Gasteiger partial charge in [0.2, 0.25) is 11.7 Å². The van der Waals surface area contributed by atoms with Crippen molar-refractivity contribution in [2.24, 2.45) is 5.92 Å². The molecule has 0 saturated heterocycles. The first-order valence-electron chi connectivity index (χ1n) is 11.7. The van der Waals surface area contributed by atoms with Crippen molar-refractivity contribution in [2.75, 3.05) is 14.2 Å². The van der Waals surface area contributed by atoms with E-state index in [1.807, 2.05) is 36.5 Å². The molecule has 1 aliphatic rings. The number of methoxy groups -OCH3 is 2. The van der Waals surface area contributed by atoms with Crippen LogP contribution in [0.25, 0.3) is 22.8 Å². The topological polar surface area (TPSA) is 101 Å². The number of aromatic nitrogens is 6. The zero-order valence-corrected chi connectivity index (χ0v) is 20.9. The summed E-state index contributed by atoms with van der Waals surface area (Å²) in [6.07, 6.45) is 8.42. The van der Waals surface area contributed by atoms with Crippen LogP contribution < -0.4 is 9.47 Å². The fourth-order valence-electron chi connectivity index (χ4n) is 4.58. The van der Waals surface area contributed by atoms with Crippen LogP contribution in [-0.4, -0.2) is 44.1 Å². The number of hydrogen-bond donors (Lipinski definition) is 0. The van der Waals surface area contributed by atoms with Gasteiger partial charge >= 0.3 is 0 Å². The summed E-state index contributed by atoms with van der Waals surface area (Å²) in [4.78, 5) is 8.87. The Balaban J connectivity index is 1.39. The van der Waals surface area contributed by atoms with Crippen molar-refractivity contribution in [3.63, 3.8) is 0 Å². The standard InChI is InChI=1S/C25H28N6O3S/c1-16-7-4-5-9-19(16)31-24(18-8-6-12-26-14-18)28-29-25(31)35-15-22-27-23(30-34-22)17-10-11-20(32-2)21(13-17)33-3/h6,8,10-14,16,19H,4-5,7,9,15H2,1-3H3/t16-,19-/m0/s1. The Morgan fingerprint density at radius 1 is 1.06 bits per heavy atom. The molecule has 0 radical (unpaired) electrons. The number of benzene rings is 1. The minimum Gasteiger partial charge on any atom is -0.493 e. The third-order valence-electron chi connectivity index (χ3n) is 6.42. The van der Waals surface area contributed by atoms with Crippen molar-refractivity contribution in [3.05, 3.63) is 48.6 Å². The van der Waals surface area contributed by atoms with E-state index in [0.717, 1.165) is 28.5 Å². The van der Waals surface area contributed by atoms with Gasteiger partial charge in [-0.15, -0.1) is 10.2 Å². The van der Waals surface area contributed by atoms with E-state index in [1.54, 1.807) is 32.2 Å². The van der Waals surface area contributed by atoms with Crippen molar-refractivity contribution < 1.29 is 14.0 Å². The van der Waals surface area contributed by atoms with E-state index >= 15 is 0 Å². The van der Waals surface area contributed by atoms with E-state index in [1.165, 1.54) is 19.3 Å². The molecule has 9 nitrogen and oxygen atoms in total. The number of rotatable bonds is 8. The molecular weight excluding hydrogens is 464 g/mol. The van der Waals surface area contributed by atoms with Crippen LogP contribution in [0.4, 0.5) is 0 Å². The highest BCUT2D eigenvalue weighted by molar-refractivity contribution is 7.98. The fraction of sp³-hybridized carbons (Fsp3) is 0.400. The third-order valence-corrected chi connectivity index (χ3v) is 7.34. The van der Waals surface area contributed by atoms with Crippen molar-refractivity contribution >= 4 is 11.8 Å². The van der Waals surface area contributed by atoms with E-state index in [9.17, 15) is 0 Å². The summed E-state index contributed by atoms with van der Waals surface area (Å²) in [6, 6.07) is 9.85. The highest BCUT2D eigenvalue weighted by Gasteiger charge is 2.29. The van der Waals surface area contributed by atoms with Gasteiger partial charge in [-0.2, -0.15) is 4.98 Å². The SMILES string of the molecule is COc1ccc(-c2noc(CSc3nnc(-c4cccnc4)n3[C@H]3CCCC[C@@H]3C)n2)cc1OC. The first-order valence-corrected chi connectivity index (χ1v) is 12.7. The van der Waals surface area contributed by atoms with Gasteiger partial charge in [0.15, 0.2) is 22.5 Å². The first kappa shape index (κ1) is 23.3.